The molecule has 0 aliphatic carbocycles. The van der Waals surface area contributed by atoms with Crippen molar-refractivity contribution >= 4 is 5.78 Å². The van der Waals surface area contributed by atoms with Crippen molar-refractivity contribution in [2.75, 3.05) is 0 Å². The maximum Gasteiger partial charge on any atom is 0.279 e. The number of nitrogens with one attached hydrogen (secondary N) is 1. The van der Waals surface area contributed by atoms with E-state index in [0.717, 1.165) is 22.6 Å². The SMILES string of the molecule is CC(C)c1c(-c2ccc(-c3nccn3C)cc2)[nH]c2ncnn2c1=O. The van der Waals surface area contributed by atoms with Gasteiger partial charge in [-0.25, -0.2) is 4.98 Å². The van der Waals surface area contributed by atoms with Crippen LogP contribution in [0.2, 0.25) is 0 Å². The molecule has 0 bridgehead atoms. The Morgan fingerprint density at radius 2 is 1.80 bits per heavy atom. The third-order valence-electron chi connectivity index (χ3n) is 4.31. The molecule has 0 amide bonds. The van der Waals surface area contributed by atoms with E-state index < -0.39 is 0 Å². The van der Waals surface area contributed by atoms with E-state index in [1.54, 1.807) is 6.20 Å². The summed E-state index contributed by atoms with van der Waals surface area (Å²) in [6.45, 7) is 4.00. The molecule has 0 atom stereocenters. The number of hydrogen-bond acceptors (Lipinski definition) is 4. The Balaban J connectivity index is 1.88. The normalized spacial score (nSPS) is 11.5. The fraction of sp³-hybridized carbons (Fsp3) is 0.222. The summed E-state index contributed by atoms with van der Waals surface area (Å²) in [5.41, 5.74) is 3.30. The number of nitrogens with zero attached hydrogens (tertiary/aromatic N) is 5. The minimum absolute atomic E-state index is 0.0570. The average Bonchev–Trinajstić information content (AvgIpc) is 3.23. The lowest BCUT2D eigenvalue weighted by Crippen LogP contribution is -2.22. The monoisotopic (exact) mass is 334 g/mol. The lowest BCUT2D eigenvalue weighted by Gasteiger charge is -2.13. The first-order valence-corrected chi connectivity index (χ1v) is 8.10. The number of imidazole rings is 1. The smallest absolute Gasteiger partial charge is 0.279 e. The number of aryl methyl sites for hydroxylation is 1. The van der Waals surface area contributed by atoms with E-state index in [-0.39, 0.29) is 11.5 Å². The minimum atomic E-state index is -0.135. The zero-order valence-corrected chi connectivity index (χ0v) is 14.3. The zero-order chi connectivity index (χ0) is 17.6. The van der Waals surface area contributed by atoms with Gasteiger partial charge in [0.15, 0.2) is 0 Å². The van der Waals surface area contributed by atoms with Gasteiger partial charge in [-0.3, -0.25) is 4.79 Å². The van der Waals surface area contributed by atoms with Gasteiger partial charge in [0.2, 0.25) is 5.78 Å². The van der Waals surface area contributed by atoms with Crippen molar-refractivity contribution in [3.05, 3.63) is 58.9 Å². The lowest BCUT2D eigenvalue weighted by atomic mass is 9.97. The Bertz CT molecular complexity index is 1100. The summed E-state index contributed by atoms with van der Waals surface area (Å²) >= 11 is 0. The fourth-order valence-electron chi connectivity index (χ4n) is 3.07. The molecule has 7 heteroatoms. The van der Waals surface area contributed by atoms with E-state index in [1.807, 2.05) is 55.9 Å². The highest BCUT2D eigenvalue weighted by Gasteiger charge is 2.17. The van der Waals surface area contributed by atoms with E-state index in [1.165, 1.54) is 10.8 Å². The van der Waals surface area contributed by atoms with E-state index >= 15 is 0 Å². The summed E-state index contributed by atoms with van der Waals surface area (Å²) in [7, 11) is 1.96. The highest BCUT2D eigenvalue weighted by molar-refractivity contribution is 5.69. The standard InChI is InChI=1S/C18H18N6O/c1-11(2)14-15(22-18-20-10-21-24(18)17(14)25)12-4-6-13(7-5-12)16-19-8-9-23(16)3/h4-11H,1-3H3,(H,20,21,22). The maximum atomic E-state index is 12.8. The predicted octanol–water partition coefficient (Wildman–Crippen LogP) is 2.61. The first-order valence-electron chi connectivity index (χ1n) is 8.10. The third kappa shape index (κ3) is 2.44. The molecule has 0 radical (unpaired) electrons. The summed E-state index contributed by atoms with van der Waals surface area (Å²) in [5, 5.41) is 4.00. The van der Waals surface area contributed by atoms with Crippen LogP contribution in [0.15, 0.2) is 47.8 Å². The van der Waals surface area contributed by atoms with Crippen LogP contribution in [0.4, 0.5) is 0 Å². The van der Waals surface area contributed by atoms with Gasteiger partial charge in [0.05, 0.1) is 5.69 Å². The molecule has 4 rings (SSSR count). The van der Waals surface area contributed by atoms with Gasteiger partial charge in [-0.05, 0) is 11.5 Å². The average molecular weight is 334 g/mol. The molecular formula is C18H18N6O. The molecular weight excluding hydrogens is 316 g/mol. The zero-order valence-electron chi connectivity index (χ0n) is 14.3. The van der Waals surface area contributed by atoms with Crippen LogP contribution in [-0.2, 0) is 7.05 Å². The molecule has 0 saturated heterocycles. The van der Waals surface area contributed by atoms with Crippen molar-refractivity contribution in [2.45, 2.75) is 19.8 Å². The van der Waals surface area contributed by atoms with Crippen LogP contribution in [0.25, 0.3) is 28.4 Å². The fourth-order valence-corrected chi connectivity index (χ4v) is 3.07. The van der Waals surface area contributed by atoms with Gasteiger partial charge in [-0.15, -0.1) is 0 Å². The van der Waals surface area contributed by atoms with Gasteiger partial charge in [0.1, 0.15) is 12.2 Å². The van der Waals surface area contributed by atoms with Crippen molar-refractivity contribution in [2.24, 2.45) is 7.05 Å². The molecule has 3 aromatic heterocycles. The van der Waals surface area contributed by atoms with E-state index in [4.69, 9.17) is 0 Å². The first kappa shape index (κ1) is 15.3. The number of rotatable bonds is 3. The third-order valence-corrected chi connectivity index (χ3v) is 4.31. The van der Waals surface area contributed by atoms with Crippen LogP contribution in [0.3, 0.4) is 0 Å². The van der Waals surface area contributed by atoms with Crippen LogP contribution in [-0.4, -0.2) is 29.1 Å². The van der Waals surface area contributed by atoms with Gasteiger partial charge in [-0.1, -0.05) is 38.1 Å². The predicted molar refractivity (Wildman–Crippen MR) is 95.3 cm³/mol. The van der Waals surface area contributed by atoms with Crippen molar-refractivity contribution in [1.82, 2.24) is 29.1 Å². The lowest BCUT2D eigenvalue weighted by molar-refractivity contribution is 0.797. The molecule has 0 aliphatic rings. The van der Waals surface area contributed by atoms with Crippen LogP contribution in [0.1, 0.15) is 25.3 Å². The summed E-state index contributed by atoms with van der Waals surface area (Å²) in [4.78, 5) is 24.5. The summed E-state index contributed by atoms with van der Waals surface area (Å²) in [5.74, 6) is 1.40. The molecule has 25 heavy (non-hydrogen) atoms. The van der Waals surface area contributed by atoms with Gasteiger partial charge < -0.3 is 9.55 Å². The second-order valence-corrected chi connectivity index (χ2v) is 6.31. The van der Waals surface area contributed by atoms with Crippen LogP contribution in [0, 0.1) is 0 Å². The topological polar surface area (TPSA) is 80.9 Å². The molecule has 0 spiro atoms. The summed E-state index contributed by atoms with van der Waals surface area (Å²) in [6, 6.07) is 8.00. The number of hydrogen-bond donors (Lipinski definition) is 1. The van der Waals surface area contributed by atoms with Crippen LogP contribution in [0.5, 0.6) is 0 Å². The molecule has 0 unspecified atom stereocenters. The second kappa shape index (κ2) is 5.70. The Hall–Kier alpha value is -3.22. The molecule has 1 N–H and O–H groups in total. The van der Waals surface area contributed by atoms with Gasteiger partial charge in [0, 0.05) is 30.6 Å². The van der Waals surface area contributed by atoms with Crippen molar-refractivity contribution < 1.29 is 0 Å². The summed E-state index contributed by atoms with van der Waals surface area (Å²) < 4.78 is 3.28. The highest BCUT2D eigenvalue weighted by atomic mass is 16.1. The van der Waals surface area contributed by atoms with E-state index in [2.05, 4.69) is 20.1 Å². The van der Waals surface area contributed by atoms with Gasteiger partial charge in [-0.2, -0.15) is 14.6 Å². The number of benzene rings is 1. The molecule has 0 fully saturated rings. The number of H-pyrrole nitrogens is 1. The van der Waals surface area contributed by atoms with Gasteiger partial charge >= 0.3 is 0 Å². The Morgan fingerprint density at radius 1 is 1.08 bits per heavy atom. The van der Waals surface area contributed by atoms with E-state index in [0.29, 0.717) is 11.3 Å². The maximum absolute atomic E-state index is 12.8. The van der Waals surface area contributed by atoms with E-state index in [9.17, 15) is 4.79 Å². The number of fused-ring (bicyclic) bond motifs is 1. The van der Waals surface area contributed by atoms with Crippen LogP contribution >= 0.6 is 0 Å². The molecule has 7 nitrogen and oxygen atoms in total. The van der Waals surface area contributed by atoms with Crippen molar-refractivity contribution in [3.63, 3.8) is 0 Å². The Labute approximate surface area is 144 Å². The molecule has 126 valence electrons. The largest absolute Gasteiger partial charge is 0.334 e. The number of aromatic amines is 1. The quantitative estimate of drug-likeness (QED) is 0.624. The van der Waals surface area contributed by atoms with Crippen LogP contribution < -0.4 is 5.56 Å². The molecule has 0 aliphatic heterocycles. The van der Waals surface area contributed by atoms with Crippen molar-refractivity contribution in [3.8, 4) is 22.6 Å². The van der Waals surface area contributed by atoms with Gasteiger partial charge in [0.25, 0.3) is 5.56 Å². The molecule has 3 heterocycles. The summed E-state index contributed by atoms with van der Waals surface area (Å²) in [6.07, 6.45) is 5.07. The highest BCUT2D eigenvalue weighted by Crippen LogP contribution is 2.27. The second-order valence-electron chi connectivity index (χ2n) is 6.31. The van der Waals surface area contributed by atoms with Crippen molar-refractivity contribution in [1.29, 1.82) is 0 Å². The molecule has 1 aromatic carbocycles. The minimum Gasteiger partial charge on any atom is -0.334 e. The Morgan fingerprint density at radius 3 is 2.44 bits per heavy atom. The molecule has 4 aromatic rings. The molecule has 0 saturated carbocycles. The first-order chi connectivity index (χ1) is 12.1. The number of aromatic nitrogens is 6. The Kier molecular flexibility index (Phi) is 3.49.